The van der Waals surface area contributed by atoms with Gasteiger partial charge in [0.25, 0.3) is 5.56 Å². The average Bonchev–Trinajstić information content (AvgIpc) is 2.85. The Balaban J connectivity index is 1.78. The predicted octanol–water partition coefficient (Wildman–Crippen LogP) is -0.893. The first-order chi connectivity index (χ1) is 13.8. The first-order valence-electron chi connectivity index (χ1n) is 8.15. The zero-order chi connectivity index (χ0) is 22.5. The van der Waals surface area contributed by atoms with E-state index in [0.29, 0.717) is 0 Å². The number of aromatic amines is 1. The van der Waals surface area contributed by atoms with Crippen molar-refractivity contribution in [2.75, 3.05) is 6.61 Å². The minimum atomic E-state index is -5.26. The molecule has 2 saturated heterocycles. The van der Waals surface area contributed by atoms with E-state index in [1.54, 1.807) is 6.92 Å². The number of aryl methyl sites for hydroxylation is 1. The van der Waals surface area contributed by atoms with Crippen molar-refractivity contribution in [3.8, 4) is 0 Å². The minimum Gasteiger partial charge on any atom is -0.387 e. The van der Waals surface area contributed by atoms with E-state index in [9.17, 15) is 43.3 Å². The van der Waals surface area contributed by atoms with Gasteiger partial charge in [0.15, 0.2) is 0 Å². The van der Waals surface area contributed by atoms with Gasteiger partial charge in [0.2, 0.25) is 0 Å². The van der Waals surface area contributed by atoms with E-state index < -0.39 is 65.7 Å². The molecular formula is C11H17N2O14P3. The van der Waals surface area contributed by atoms with Crippen molar-refractivity contribution >= 4 is 23.5 Å². The number of aliphatic hydroxyl groups is 2. The second-order valence-corrected chi connectivity index (χ2v) is 11.1. The topological polar surface area (TPSA) is 233 Å². The van der Waals surface area contributed by atoms with Gasteiger partial charge in [-0.15, -0.1) is 0 Å². The van der Waals surface area contributed by atoms with Crippen LogP contribution in [0.25, 0.3) is 0 Å². The maximum absolute atomic E-state index is 12.2. The summed E-state index contributed by atoms with van der Waals surface area (Å²) in [5.41, 5.74) is -1.78. The molecule has 3 heterocycles. The van der Waals surface area contributed by atoms with E-state index in [-0.39, 0.29) is 12.1 Å². The van der Waals surface area contributed by atoms with Gasteiger partial charge in [-0.3, -0.25) is 14.3 Å². The van der Waals surface area contributed by atoms with Gasteiger partial charge in [-0.05, 0) is 6.92 Å². The van der Waals surface area contributed by atoms with Crippen LogP contribution in [0.4, 0.5) is 0 Å². The largest absolute Gasteiger partial charge is 0.492 e. The summed E-state index contributed by atoms with van der Waals surface area (Å²) in [6, 6.07) is 0. The quantitative estimate of drug-likeness (QED) is 0.313. The normalized spacial score (nSPS) is 41.8. The van der Waals surface area contributed by atoms with E-state index >= 15 is 0 Å². The van der Waals surface area contributed by atoms with Gasteiger partial charge >= 0.3 is 29.2 Å². The molecule has 3 rings (SSSR count). The van der Waals surface area contributed by atoms with Gasteiger partial charge in [0.1, 0.15) is 24.4 Å². The summed E-state index contributed by atoms with van der Waals surface area (Å²) in [6.45, 7) is 0.881. The number of hydrogen-bond donors (Lipinski definition) is 5. The molecule has 0 amide bonds. The molecule has 0 aromatic carbocycles. The van der Waals surface area contributed by atoms with E-state index in [1.807, 2.05) is 4.98 Å². The number of aromatic nitrogens is 2. The van der Waals surface area contributed by atoms with Crippen molar-refractivity contribution < 1.29 is 55.9 Å². The highest BCUT2D eigenvalue weighted by molar-refractivity contribution is 7.74. The number of nitrogens with one attached hydrogen (secondary N) is 1. The molecular weight excluding hydrogens is 477 g/mol. The van der Waals surface area contributed by atoms with Gasteiger partial charge in [-0.2, -0.15) is 12.9 Å². The fourth-order valence-corrected chi connectivity index (χ4v) is 7.68. The van der Waals surface area contributed by atoms with Crippen LogP contribution in [0.3, 0.4) is 0 Å². The Morgan fingerprint density at radius 2 is 1.70 bits per heavy atom. The SMILES string of the molecule is CCn1cc([C@@H]2O[C@H](COP3(=O)OP(=O)(O)OP(=O)(O)O3)C(O)C2O)c(=O)[nH]c1=O. The van der Waals surface area contributed by atoms with Crippen LogP contribution in [0.5, 0.6) is 0 Å². The monoisotopic (exact) mass is 494 g/mol. The number of aliphatic hydroxyl groups excluding tert-OH is 2. The lowest BCUT2D eigenvalue weighted by Gasteiger charge is -2.27. The van der Waals surface area contributed by atoms with E-state index in [0.717, 1.165) is 10.8 Å². The highest BCUT2D eigenvalue weighted by atomic mass is 31.3. The zero-order valence-corrected chi connectivity index (χ0v) is 17.6. The molecule has 0 bridgehead atoms. The van der Waals surface area contributed by atoms with Crippen molar-refractivity contribution in [1.29, 1.82) is 0 Å². The molecule has 170 valence electrons. The predicted molar refractivity (Wildman–Crippen MR) is 93.1 cm³/mol. The Labute approximate surface area is 166 Å². The van der Waals surface area contributed by atoms with Crippen molar-refractivity contribution in [3.63, 3.8) is 0 Å². The second-order valence-electron chi connectivity index (χ2n) is 6.13. The molecule has 0 spiro atoms. The number of phosphoric acid groups is 3. The summed E-state index contributed by atoms with van der Waals surface area (Å²) in [7, 11) is -15.6. The summed E-state index contributed by atoms with van der Waals surface area (Å²) in [5.74, 6) is 0. The Bertz CT molecular complexity index is 1050. The molecule has 1 aromatic rings. The fourth-order valence-electron chi connectivity index (χ4n) is 2.75. The minimum absolute atomic E-state index is 0.183. The van der Waals surface area contributed by atoms with Crippen LogP contribution in [0, 0.1) is 0 Å². The van der Waals surface area contributed by atoms with Crippen LogP contribution in [0.1, 0.15) is 18.6 Å². The summed E-state index contributed by atoms with van der Waals surface area (Å²) in [4.78, 5) is 44.1. The van der Waals surface area contributed by atoms with Crippen molar-refractivity contribution in [3.05, 3.63) is 32.6 Å². The standard InChI is InChI=1S/C11H17N2O14P3/c1-2-13-3-5(10(16)12-11(13)17)9-8(15)7(14)6(24-9)4-23-30(22)26-28(18,19)25-29(20,21)27-30/h3,6-9,14-15H,2,4H2,1H3,(H,18,19)(H,20,21)(H,12,16,17)/t6-,7?,8?,9+/m1/s1. The van der Waals surface area contributed by atoms with Gasteiger partial charge < -0.3 is 29.3 Å². The van der Waals surface area contributed by atoms with E-state index in [2.05, 4.69) is 17.5 Å². The first kappa shape index (κ1) is 23.7. The number of rotatable bonds is 5. The van der Waals surface area contributed by atoms with Crippen LogP contribution in [-0.4, -0.2) is 54.5 Å². The Morgan fingerprint density at radius 3 is 2.27 bits per heavy atom. The van der Waals surface area contributed by atoms with Crippen molar-refractivity contribution in [2.45, 2.75) is 37.9 Å². The maximum atomic E-state index is 12.2. The van der Waals surface area contributed by atoms with Crippen LogP contribution >= 0.6 is 23.5 Å². The highest BCUT2D eigenvalue weighted by Gasteiger charge is 2.55. The summed E-state index contributed by atoms with van der Waals surface area (Å²) >= 11 is 0. The van der Waals surface area contributed by atoms with Gasteiger partial charge in [0, 0.05) is 12.7 Å². The smallest absolute Gasteiger partial charge is 0.387 e. The van der Waals surface area contributed by atoms with Gasteiger partial charge in [-0.1, -0.05) is 0 Å². The van der Waals surface area contributed by atoms with Crippen molar-refractivity contribution in [1.82, 2.24) is 9.55 Å². The van der Waals surface area contributed by atoms with Crippen molar-refractivity contribution in [2.24, 2.45) is 0 Å². The first-order valence-corrected chi connectivity index (χ1v) is 12.6. The summed E-state index contributed by atoms with van der Waals surface area (Å²) in [5, 5.41) is 20.4. The number of ether oxygens (including phenoxy) is 1. The lowest BCUT2D eigenvalue weighted by molar-refractivity contribution is -0.0236. The Hall–Kier alpha value is -0.990. The molecule has 2 fully saturated rings. The third-order valence-electron chi connectivity index (χ3n) is 4.06. The second kappa shape index (κ2) is 8.17. The third kappa shape index (κ3) is 4.91. The fraction of sp³-hybridized carbons (Fsp3) is 0.636. The summed E-state index contributed by atoms with van der Waals surface area (Å²) in [6.07, 6.45) is -5.19. The number of nitrogens with zero attached hydrogens (tertiary/aromatic N) is 1. The molecule has 4 unspecified atom stereocenters. The van der Waals surface area contributed by atoms with Crippen LogP contribution < -0.4 is 11.2 Å². The zero-order valence-electron chi connectivity index (χ0n) is 15.0. The van der Waals surface area contributed by atoms with Gasteiger partial charge in [0.05, 0.1) is 12.2 Å². The molecule has 6 atom stereocenters. The molecule has 0 saturated carbocycles. The molecule has 2 aliphatic heterocycles. The molecule has 0 radical (unpaired) electrons. The van der Waals surface area contributed by atoms with Crippen LogP contribution in [0.15, 0.2) is 15.8 Å². The molecule has 0 aliphatic carbocycles. The molecule has 30 heavy (non-hydrogen) atoms. The molecule has 2 aliphatic rings. The highest BCUT2D eigenvalue weighted by Crippen LogP contribution is 2.80. The molecule has 16 nitrogen and oxygen atoms in total. The van der Waals surface area contributed by atoms with Crippen LogP contribution in [-0.2, 0) is 42.4 Å². The van der Waals surface area contributed by atoms with E-state index in [4.69, 9.17) is 4.74 Å². The van der Waals surface area contributed by atoms with Gasteiger partial charge in [-0.25, -0.2) is 18.5 Å². The summed E-state index contributed by atoms with van der Waals surface area (Å²) < 4.78 is 58.0. The Kier molecular flexibility index (Phi) is 6.45. The maximum Gasteiger partial charge on any atom is 0.492 e. The molecule has 5 N–H and O–H groups in total. The van der Waals surface area contributed by atoms with E-state index in [1.165, 1.54) is 0 Å². The molecule has 19 heteroatoms. The average molecular weight is 494 g/mol. The lowest BCUT2D eigenvalue weighted by atomic mass is 10.0. The Morgan fingerprint density at radius 1 is 1.10 bits per heavy atom. The van der Waals surface area contributed by atoms with Crippen LogP contribution in [0.2, 0.25) is 0 Å². The third-order valence-corrected chi connectivity index (χ3v) is 9.42. The molecule has 1 aromatic heterocycles. The number of H-pyrrole nitrogens is 1. The lowest BCUT2D eigenvalue weighted by Crippen LogP contribution is -2.36. The number of hydrogen-bond acceptors (Lipinski definition) is 12.